The predicted octanol–water partition coefficient (Wildman–Crippen LogP) is 5.66. The van der Waals surface area contributed by atoms with Crippen molar-refractivity contribution in [2.45, 2.75) is 71.6 Å². The summed E-state index contributed by atoms with van der Waals surface area (Å²) in [4.78, 5) is 15.7. The maximum Gasteiger partial charge on any atom is 0.333 e. The molecule has 3 N–H and O–H groups in total. The molecule has 0 saturated carbocycles. The van der Waals surface area contributed by atoms with Crippen LogP contribution in [0.15, 0.2) is 18.2 Å². The summed E-state index contributed by atoms with van der Waals surface area (Å²) in [5.74, 6) is 0.918. The standard InChI is InChI=1S/C22H34ClN5O2S/c1-7-21(3,4)15-10-11-17(16(14-15)22(5,6)8-2)30-13-9-12-24-19(29)26-27-20-25-18(23)28-31-20/h10-11,14H,7-9,12-13H2,1-6H3,(H2,24,26,29)(H,25,27,28). The van der Waals surface area contributed by atoms with E-state index in [1.807, 2.05) is 0 Å². The normalized spacial score (nSPS) is 11.8. The molecule has 1 aromatic carbocycles. The number of urea groups is 1. The molecule has 2 aromatic rings. The molecule has 2 amide bonds. The van der Waals surface area contributed by atoms with Crippen molar-refractivity contribution in [3.63, 3.8) is 0 Å². The second kappa shape index (κ2) is 11.0. The van der Waals surface area contributed by atoms with Crippen molar-refractivity contribution in [3.8, 4) is 5.75 Å². The summed E-state index contributed by atoms with van der Waals surface area (Å²) in [6.45, 7) is 14.5. The Balaban J connectivity index is 1.87. The molecule has 172 valence electrons. The van der Waals surface area contributed by atoms with Crippen molar-refractivity contribution >= 4 is 34.3 Å². The van der Waals surface area contributed by atoms with Gasteiger partial charge in [0.1, 0.15) is 5.75 Å². The number of benzene rings is 1. The van der Waals surface area contributed by atoms with Crippen molar-refractivity contribution in [1.29, 1.82) is 0 Å². The average molecular weight is 468 g/mol. The van der Waals surface area contributed by atoms with Crippen LogP contribution in [0, 0.1) is 0 Å². The zero-order valence-corrected chi connectivity index (χ0v) is 20.8. The summed E-state index contributed by atoms with van der Waals surface area (Å²) in [6.07, 6.45) is 2.79. The van der Waals surface area contributed by atoms with Crippen LogP contribution in [0.5, 0.6) is 5.75 Å². The van der Waals surface area contributed by atoms with E-state index in [2.05, 4.69) is 85.3 Å². The van der Waals surface area contributed by atoms with Crippen molar-refractivity contribution in [3.05, 3.63) is 34.6 Å². The fourth-order valence-electron chi connectivity index (χ4n) is 2.87. The van der Waals surface area contributed by atoms with Gasteiger partial charge in [0.15, 0.2) is 0 Å². The van der Waals surface area contributed by atoms with Crippen molar-refractivity contribution < 1.29 is 9.53 Å². The Bertz CT molecular complexity index is 869. The number of nitrogens with one attached hydrogen (secondary N) is 3. The van der Waals surface area contributed by atoms with E-state index >= 15 is 0 Å². The molecule has 9 heteroatoms. The highest BCUT2D eigenvalue weighted by molar-refractivity contribution is 7.09. The minimum absolute atomic E-state index is 0.0204. The topological polar surface area (TPSA) is 88.2 Å². The number of hydrogen-bond acceptors (Lipinski definition) is 6. The van der Waals surface area contributed by atoms with Crippen LogP contribution in [0.2, 0.25) is 5.28 Å². The second-order valence-corrected chi connectivity index (χ2v) is 9.85. The van der Waals surface area contributed by atoms with E-state index in [-0.39, 0.29) is 22.1 Å². The molecular formula is C22H34ClN5O2S. The molecule has 0 aliphatic rings. The molecule has 0 fully saturated rings. The number of ether oxygens (including phenoxy) is 1. The summed E-state index contributed by atoms with van der Waals surface area (Å²) in [5.41, 5.74) is 7.86. The average Bonchev–Trinajstić information content (AvgIpc) is 3.17. The number of rotatable bonds is 11. The Labute approximate surface area is 194 Å². The first-order chi connectivity index (χ1) is 14.6. The molecule has 31 heavy (non-hydrogen) atoms. The minimum Gasteiger partial charge on any atom is -0.493 e. The summed E-state index contributed by atoms with van der Waals surface area (Å²) >= 11 is 6.70. The Morgan fingerprint density at radius 3 is 2.48 bits per heavy atom. The molecule has 0 saturated heterocycles. The number of hydrogen-bond donors (Lipinski definition) is 3. The van der Waals surface area contributed by atoms with Gasteiger partial charge in [-0.2, -0.15) is 9.36 Å². The van der Waals surface area contributed by atoms with E-state index in [1.165, 1.54) is 11.1 Å². The molecule has 0 bridgehead atoms. The molecular weight excluding hydrogens is 434 g/mol. The van der Waals surface area contributed by atoms with E-state index in [1.54, 1.807) is 0 Å². The van der Waals surface area contributed by atoms with Crippen LogP contribution in [0.25, 0.3) is 0 Å². The number of anilines is 1. The number of hydrazine groups is 1. The number of halogens is 1. The number of carbonyl (C=O) groups excluding carboxylic acids is 1. The van der Waals surface area contributed by atoms with Crippen LogP contribution < -0.4 is 20.9 Å². The van der Waals surface area contributed by atoms with Gasteiger partial charge in [-0.3, -0.25) is 5.43 Å². The summed E-state index contributed by atoms with van der Waals surface area (Å²) in [7, 11) is 0. The lowest BCUT2D eigenvalue weighted by Crippen LogP contribution is -2.39. The molecule has 0 aliphatic heterocycles. The third kappa shape index (κ3) is 7.25. The fraction of sp³-hybridized carbons (Fsp3) is 0.591. The number of nitrogens with zero attached hydrogens (tertiary/aromatic N) is 2. The van der Waals surface area contributed by atoms with Crippen molar-refractivity contribution in [2.24, 2.45) is 0 Å². The van der Waals surface area contributed by atoms with Gasteiger partial charge in [0.25, 0.3) is 0 Å². The molecule has 0 aliphatic carbocycles. The second-order valence-electron chi connectivity index (χ2n) is 8.76. The Kier molecular flexibility index (Phi) is 8.94. The van der Waals surface area contributed by atoms with Crippen LogP contribution in [0.1, 0.15) is 71.9 Å². The predicted molar refractivity (Wildman–Crippen MR) is 128 cm³/mol. The van der Waals surface area contributed by atoms with Gasteiger partial charge in [0, 0.05) is 23.6 Å². The largest absolute Gasteiger partial charge is 0.493 e. The SMILES string of the molecule is CCC(C)(C)c1ccc(OCCCNC(=O)NNc2nc(Cl)ns2)c(C(C)(C)CC)c1. The molecule has 0 radical (unpaired) electrons. The first-order valence-corrected chi connectivity index (χ1v) is 11.8. The first-order valence-electron chi connectivity index (χ1n) is 10.7. The smallest absolute Gasteiger partial charge is 0.333 e. The number of amides is 2. The van der Waals surface area contributed by atoms with E-state index < -0.39 is 0 Å². The third-order valence-corrected chi connectivity index (χ3v) is 6.71. The molecule has 0 spiro atoms. The summed E-state index contributed by atoms with van der Waals surface area (Å²) < 4.78 is 9.93. The lowest BCUT2D eigenvalue weighted by Gasteiger charge is -2.30. The molecule has 7 nitrogen and oxygen atoms in total. The van der Waals surface area contributed by atoms with Gasteiger partial charge < -0.3 is 10.1 Å². The van der Waals surface area contributed by atoms with Gasteiger partial charge >= 0.3 is 6.03 Å². The Hall–Kier alpha value is -2.06. The number of carbonyl (C=O) groups is 1. The maximum atomic E-state index is 11.8. The first kappa shape index (κ1) is 25.2. The quantitative estimate of drug-likeness (QED) is 0.293. The van der Waals surface area contributed by atoms with Gasteiger partial charge in [-0.25, -0.2) is 10.2 Å². The fourth-order valence-corrected chi connectivity index (χ4v) is 3.53. The van der Waals surface area contributed by atoms with Gasteiger partial charge in [0.2, 0.25) is 10.4 Å². The van der Waals surface area contributed by atoms with E-state index in [0.29, 0.717) is 24.7 Å². The van der Waals surface area contributed by atoms with E-state index in [0.717, 1.165) is 30.1 Å². The zero-order valence-electron chi connectivity index (χ0n) is 19.3. The van der Waals surface area contributed by atoms with E-state index in [4.69, 9.17) is 16.3 Å². The van der Waals surface area contributed by atoms with Crippen LogP contribution in [0.3, 0.4) is 0 Å². The highest BCUT2D eigenvalue weighted by Crippen LogP contribution is 2.38. The summed E-state index contributed by atoms with van der Waals surface area (Å²) in [5, 5.41) is 3.33. The molecule has 1 aromatic heterocycles. The molecule has 2 rings (SSSR count). The van der Waals surface area contributed by atoms with Crippen molar-refractivity contribution in [1.82, 2.24) is 20.1 Å². The van der Waals surface area contributed by atoms with E-state index in [9.17, 15) is 4.79 Å². The van der Waals surface area contributed by atoms with Gasteiger partial charge in [-0.15, -0.1) is 0 Å². The van der Waals surface area contributed by atoms with Crippen LogP contribution in [-0.4, -0.2) is 28.5 Å². The van der Waals surface area contributed by atoms with Gasteiger partial charge in [-0.05, 0) is 53.3 Å². The molecule has 1 heterocycles. The van der Waals surface area contributed by atoms with Gasteiger partial charge in [0.05, 0.1) is 6.61 Å². The Morgan fingerprint density at radius 2 is 1.87 bits per heavy atom. The van der Waals surface area contributed by atoms with Crippen LogP contribution in [0.4, 0.5) is 9.93 Å². The molecule has 0 unspecified atom stereocenters. The monoisotopic (exact) mass is 467 g/mol. The molecule has 0 atom stereocenters. The van der Waals surface area contributed by atoms with Crippen LogP contribution >= 0.6 is 23.1 Å². The maximum absolute atomic E-state index is 11.8. The van der Waals surface area contributed by atoms with Crippen LogP contribution in [-0.2, 0) is 10.8 Å². The zero-order chi connectivity index (χ0) is 23.1. The Morgan fingerprint density at radius 1 is 1.16 bits per heavy atom. The highest BCUT2D eigenvalue weighted by Gasteiger charge is 2.26. The van der Waals surface area contributed by atoms with Gasteiger partial charge in [-0.1, -0.05) is 53.7 Å². The minimum atomic E-state index is -0.356. The lowest BCUT2D eigenvalue weighted by atomic mass is 9.76. The summed E-state index contributed by atoms with van der Waals surface area (Å²) in [6, 6.07) is 6.21. The third-order valence-electron chi connectivity index (χ3n) is 5.81. The highest BCUT2D eigenvalue weighted by atomic mass is 35.5. The number of aromatic nitrogens is 2. The van der Waals surface area contributed by atoms with Crippen molar-refractivity contribution in [2.75, 3.05) is 18.6 Å². The lowest BCUT2D eigenvalue weighted by molar-refractivity contribution is 0.240.